The van der Waals surface area contributed by atoms with Gasteiger partial charge in [-0.1, -0.05) is 12.1 Å². The Labute approximate surface area is 252 Å². The molecule has 0 unspecified atom stereocenters. The molecule has 1 atom stereocenters. The minimum atomic E-state index is -0.967. The Kier molecular flexibility index (Phi) is 7.36. The zero-order chi connectivity index (χ0) is 30.2. The van der Waals surface area contributed by atoms with E-state index in [0.717, 1.165) is 31.6 Å². The fourth-order valence-electron chi connectivity index (χ4n) is 6.07. The molecule has 7 rings (SSSR count). The fraction of sp³-hybridized carbons (Fsp3) is 0.367. The second-order valence-corrected chi connectivity index (χ2v) is 11.0. The van der Waals surface area contributed by atoms with E-state index >= 15 is 0 Å². The number of anilines is 2. The van der Waals surface area contributed by atoms with Crippen LogP contribution in [0.15, 0.2) is 42.7 Å². The van der Waals surface area contributed by atoms with Crippen molar-refractivity contribution in [3.05, 3.63) is 53.9 Å². The van der Waals surface area contributed by atoms with Gasteiger partial charge in [0.25, 0.3) is 5.91 Å². The molecule has 14 nitrogen and oxygen atoms in total. The van der Waals surface area contributed by atoms with E-state index in [4.69, 9.17) is 25.0 Å². The number of fused-ring (bicyclic) bond motifs is 2. The number of ether oxygens (including phenoxy) is 3. The van der Waals surface area contributed by atoms with Crippen molar-refractivity contribution in [1.82, 2.24) is 29.5 Å². The van der Waals surface area contributed by atoms with Crippen LogP contribution in [0, 0.1) is 0 Å². The van der Waals surface area contributed by atoms with Crippen molar-refractivity contribution in [2.75, 3.05) is 57.2 Å². The molecule has 0 aliphatic carbocycles. The number of aromatic nitrogens is 4. The van der Waals surface area contributed by atoms with Crippen molar-refractivity contribution < 1.29 is 28.9 Å². The lowest BCUT2D eigenvalue weighted by Crippen LogP contribution is -2.40. The number of morpholine rings is 1. The van der Waals surface area contributed by atoms with Crippen LogP contribution in [0.3, 0.4) is 0 Å². The number of piperidine rings is 1. The maximum Gasteiger partial charge on any atom is 0.407 e. The summed E-state index contributed by atoms with van der Waals surface area (Å²) >= 11 is 0. The van der Waals surface area contributed by atoms with Crippen molar-refractivity contribution in [1.29, 1.82) is 0 Å². The molecule has 2 aromatic carbocycles. The van der Waals surface area contributed by atoms with E-state index in [2.05, 4.69) is 20.2 Å². The van der Waals surface area contributed by atoms with Crippen LogP contribution in [0.1, 0.15) is 34.8 Å². The van der Waals surface area contributed by atoms with E-state index in [0.29, 0.717) is 71.2 Å². The number of carbonyl (C=O) groups excluding carboxylic acids is 1. The highest BCUT2D eigenvalue weighted by Crippen LogP contribution is 2.48. The summed E-state index contributed by atoms with van der Waals surface area (Å²) < 4.78 is 18.9. The number of likely N-dealkylation sites (tertiary alicyclic amines) is 1. The molecule has 2 fully saturated rings. The maximum atomic E-state index is 13.4. The summed E-state index contributed by atoms with van der Waals surface area (Å²) in [6.45, 7) is 4.61. The van der Waals surface area contributed by atoms with E-state index in [1.807, 2.05) is 18.2 Å². The second kappa shape index (κ2) is 11.6. The average Bonchev–Trinajstić information content (AvgIpc) is 3.69. The van der Waals surface area contributed by atoms with Crippen LogP contribution in [0.2, 0.25) is 0 Å². The van der Waals surface area contributed by atoms with Gasteiger partial charge in [0.1, 0.15) is 17.8 Å². The van der Waals surface area contributed by atoms with Crippen LogP contribution in [-0.2, 0) is 11.3 Å². The molecule has 3 aliphatic rings. The Bertz CT molecular complexity index is 1740. The molecule has 0 radical (unpaired) electrons. The smallest absolute Gasteiger partial charge is 0.407 e. The highest BCUT2D eigenvalue weighted by molar-refractivity contribution is 6.06. The molecular formula is C30H32N8O6. The van der Waals surface area contributed by atoms with Gasteiger partial charge in [-0.25, -0.2) is 19.4 Å². The van der Waals surface area contributed by atoms with E-state index < -0.39 is 6.09 Å². The van der Waals surface area contributed by atoms with Crippen LogP contribution in [-0.4, -0.2) is 92.8 Å². The normalized spacial score (nSPS) is 18.5. The summed E-state index contributed by atoms with van der Waals surface area (Å²) in [5.74, 6) is 0.763. The van der Waals surface area contributed by atoms with E-state index in [1.165, 1.54) is 11.2 Å². The van der Waals surface area contributed by atoms with Crippen molar-refractivity contribution in [2.24, 2.45) is 0 Å². The van der Waals surface area contributed by atoms with Gasteiger partial charge in [-0.3, -0.25) is 9.69 Å². The molecule has 2 amide bonds. The number of rotatable bonds is 6. The SMILES string of the molecule is Nc1ncnc2c1c(-c1ccc(NC(=O)c3cccc(CN4CCOCC4)c3)c3c1OCO3)nn2[C@@H]1CCCN(C(=O)O)C1. The summed E-state index contributed by atoms with van der Waals surface area (Å²) in [6, 6.07) is 10.9. The van der Waals surface area contributed by atoms with Crippen LogP contribution < -0.4 is 20.5 Å². The minimum absolute atomic E-state index is 0.0366. The first-order chi connectivity index (χ1) is 21.5. The minimum Gasteiger partial charge on any atom is -0.465 e. The summed E-state index contributed by atoms with van der Waals surface area (Å²) in [5.41, 5.74) is 9.97. The third-order valence-electron chi connectivity index (χ3n) is 8.25. The maximum absolute atomic E-state index is 13.4. The predicted octanol–water partition coefficient (Wildman–Crippen LogP) is 3.20. The van der Waals surface area contributed by atoms with Gasteiger partial charge in [0.2, 0.25) is 6.79 Å². The van der Waals surface area contributed by atoms with E-state index in [1.54, 1.807) is 22.9 Å². The van der Waals surface area contributed by atoms with Gasteiger partial charge in [-0.2, -0.15) is 5.10 Å². The van der Waals surface area contributed by atoms with E-state index in [-0.39, 0.29) is 31.1 Å². The molecular weight excluding hydrogens is 568 g/mol. The van der Waals surface area contributed by atoms with Gasteiger partial charge in [-0.15, -0.1) is 0 Å². The van der Waals surface area contributed by atoms with Crippen molar-refractivity contribution in [2.45, 2.75) is 25.4 Å². The second-order valence-electron chi connectivity index (χ2n) is 11.0. The Morgan fingerprint density at radius 1 is 1.07 bits per heavy atom. The zero-order valence-corrected chi connectivity index (χ0v) is 23.9. The molecule has 14 heteroatoms. The van der Waals surface area contributed by atoms with E-state index in [9.17, 15) is 14.7 Å². The molecule has 2 saturated heterocycles. The lowest BCUT2D eigenvalue weighted by Gasteiger charge is -2.30. The van der Waals surface area contributed by atoms with Crippen LogP contribution >= 0.6 is 0 Å². The number of amides is 2. The summed E-state index contributed by atoms with van der Waals surface area (Å²) in [5, 5.41) is 18.0. The fourth-order valence-corrected chi connectivity index (χ4v) is 6.07. The Morgan fingerprint density at radius 3 is 2.75 bits per heavy atom. The van der Waals surface area contributed by atoms with Crippen LogP contribution in [0.5, 0.6) is 11.5 Å². The molecule has 4 aromatic rings. The summed E-state index contributed by atoms with van der Waals surface area (Å²) in [4.78, 5) is 37.4. The first-order valence-corrected chi connectivity index (χ1v) is 14.6. The molecule has 0 saturated carbocycles. The number of nitrogens with one attached hydrogen (secondary N) is 1. The third kappa shape index (κ3) is 5.22. The van der Waals surface area contributed by atoms with Crippen molar-refractivity contribution >= 4 is 34.5 Å². The van der Waals surface area contributed by atoms with Gasteiger partial charge in [0.05, 0.1) is 30.3 Å². The van der Waals surface area contributed by atoms with Crippen LogP contribution in [0.4, 0.5) is 16.3 Å². The number of nitrogen functional groups attached to an aromatic ring is 1. The number of nitrogens with zero attached hydrogens (tertiary/aromatic N) is 6. The molecule has 0 spiro atoms. The standard InChI is InChI=1S/C30H32N8O6/c31-27-23-24(35-38(28(23)33-16-32-27)20-5-2-8-37(15-20)30(40)41)21-6-7-22(26-25(21)43-17-44-26)34-29(39)19-4-1-3-18(13-19)14-36-9-11-42-12-10-36/h1,3-4,6-7,13,16,20H,2,5,8-12,14-15,17H2,(H,34,39)(H,40,41)(H2,31,32,33)/t20-/m1/s1. The molecule has 0 bridgehead atoms. The zero-order valence-electron chi connectivity index (χ0n) is 23.9. The molecule has 2 aromatic heterocycles. The highest BCUT2D eigenvalue weighted by atomic mass is 16.7. The number of hydrogen-bond donors (Lipinski definition) is 3. The topological polar surface area (TPSA) is 170 Å². The van der Waals surface area contributed by atoms with Gasteiger partial charge in [0, 0.05) is 43.9 Å². The number of benzene rings is 2. The molecule has 5 heterocycles. The summed E-state index contributed by atoms with van der Waals surface area (Å²) in [6.07, 6.45) is 1.84. The monoisotopic (exact) mass is 600 g/mol. The lowest BCUT2D eigenvalue weighted by molar-refractivity contribution is 0.0342. The average molecular weight is 601 g/mol. The number of carbonyl (C=O) groups is 2. The molecule has 3 aliphatic heterocycles. The van der Waals surface area contributed by atoms with Crippen molar-refractivity contribution in [3.63, 3.8) is 0 Å². The third-order valence-corrected chi connectivity index (χ3v) is 8.25. The Balaban J connectivity index is 1.19. The Hall–Kier alpha value is -4.95. The molecule has 228 valence electrons. The largest absolute Gasteiger partial charge is 0.465 e. The molecule has 4 N–H and O–H groups in total. The van der Waals surface area contributed by atoms with Gasteiger partial charge >= 0.3 is 6.09 Å². The predicted molar refractivity (Wildman–Crippen MR) is 160 cm³/mol. The van der Waals surface area contributed by atoms with Gasteiger partial charge in [0.15, 0.2) is 17.1 Å². The van der Waals surface area contributed by atoms with Gasteiger partial charge in [-0.05, 0) is 42.7 Å². The highest BCUT2D eigenvalue weighted by Gasteiger charge is 2.31. The number of carboxylic acid groups (broad SMARTS) is 1. The van der Waals surface area contributed by atoms with Gasteiger partial charge < -0.3 is 35.3 Å². The van der Waals surface area contributed by atoms with Crippen LogP contribution in [0.25, 0.3) is 22.3 Å². The first kappa shape index (κ1) is 27.9. The van der Waals surface area contributed by atoms with Crippen molar-refractivity contribution in [3.8, 4) is 22.8 Å². The number of hydrogen-bond acceptors (Lipinski definition) is 10. The Morgan fingerprint density at radius 2 is 1.91 bits per heavy atom. The lowest BCUT2D eigenvalue weighted by atomic mass is 10.1. The summed E-state index contributed by atoms with van der Waals surface area (Å²) in [7, 11) is 0. The molecule has 44 heavy (non-hydrogen) atoms. The first-order valence-electron chi connectivity index (χ1n) is 14.6. The number of nitrogens with two attached hydrogens (primary N) is 1. The quantitative estimate of drug-likeness (QED) is 0.297.